The number of methoxy groups -OCH3 is 1. The summed E-state index contributed by atoms with van der Waals surface area (Å²) in [5.74, 6) is 1.25. The zero-order valence-electron chi connectivity index (χ0n) is 19.2. The van der Waals surface area contributed by atoms with E-state index in [9.17, 15) is 9.59 Å². The Morgan fingerprint density at radius 1 is 1.03 bits per heavy atom. The zero-order chi connectivity index (χ0) is 22.8. The fraction of sp³-hybridized carbons (Fsp3) is 0.440. The lowest BCUT2D eigenvalue weighted by Gasteiger charge is -2.31. The Balaban J connectivity index is 2.18. The smallest absolute Gasteiger partial charge is 0.261 e. The van der Waals surface area contributed by atoms with E-state index in [0.717, 1.165) is 11.1 Å². The third kappa shape index (κ3) is 7.31. The van der Waals surface area contributed by atoms with E-state index in [1.165, 1.54) is 0 Å². The lowest BCUT2D eigenvalue weighted by molar-refractivity contribution is -0.143. The van der Waals surface area contributed by atoms with Crippen LogP contribution >= 0.6 is 0 Å². The third-order valence-electron chi connectivity index (χ3n) is 5.09. The number of hydrogen-bond acceptors (Lipinski definition) is 4. The highest BCUT2D eigenvalue weighted by atomic mass is 16.5. The molecule has 6 nitrogen and oxygen atoms in total. The van der Waals surface area contributed by atoms with Gasteiger partial charge in [0.2, 0.25) is 5.91 Å². The maximum Gasteiger partial charge on any atom is 0.261 e. The fourth-order valence-electron chi connectivity index (χ4n) is 3.21. The van der Waals surface area contributed by atoms with E-state index in [1.54, 1.807) is 36.3 Å². The van der Waals surface area contributed by atoms with Gasteiger partial charge >= 0.3 is 0 Å². The molecule has 168 valence electrons. The summed E-state index contributed by atoms with van der Waals surface area (Å²) in [6.45, 7) is 8.79. The normalized spacial score (nSPS) is 11.7. The predicted octanol–water partition coefficient (Wildman–Crippen LogP) is 3.96. The molecule has 0 spiro atoms. The first-order chi connectivity index (χ1) is 14.8. The molecule has 0 fully saturated rings. The molecule has 0 saturated heterocycles. The van der Waals surface area contributed by atoms with E-state index in [4.69, 9.17) is 9.47 Å². The predicted molar refractivity (Wildman–Crippen MR) is 122 cm³/mol. The minimum Gasteiger partial charge on any atom is -0.497 e. The molecule has 1 unspecified atom stereocenters. The Hall–Kier alpha value is -3.02. The SMILES string of the molecule is CCC(C(=O)NCC(C)C)N(Cc1ccccc1C)C(=O)COc1ccc(OC)cc1. The summed E-state index contributed by atoms with van der Waals surface area (Å²) in [5.41, 5.74) is 2.09. The van der Waals surface area contributed by atoms with Crippen molar-refractivity contribution >= 4 is 11.8 Å². The van der Waals surface area contributed by atoms with Crippen LogP contribution in [0.5, 0.6) is 11.5 Å². The summed E-state index contributed by atoms with van der Waals surface area (Å²) in [6.07, 6.45) is 0.518. The molecule has 0 aliphatic heterocycles. The van der Waals surface area contributed by atoms with Crippen molar-refractivity contribution in [3.63, 3.8) is 0 Å². The number of carbonyl (C=O) groups excluding carboxylic acids is 2. The first-order valence-corrected chi connectivity index (χ1v) is 10.7. The van der Waals surface area contributed by atoms with Crippen LogP contribution in [0.15, 0.2) is 48.5 Å². The summed E-state index contributed by atoms with van der Waals surface area (Å²) in [4.78, 5) is 27.7. The molecule has 0 bridgehead atoms. The molecular weight excluding hydrogens is 392 g/mol. The number of nitrogens with one attached hydrogen (secondary N) is 1. The first kappa shape index (κ1) is 24.3. The van der Waals surface area contributed by atoms with Crippen molar-refractivity contribution in [1.29, 1.82) is 0 Å². The molecule has 2 rings (SSSR count). The number of nitrogens with zero attached hydrogens (tertiary/aromatic N) is 1. The molecule has 0 heterocycles. The average molecular weight is 427 g/mol. The molecule has 1 N–H and O–H groups in total. The Morgan fingerprint density at radius 2 is 1.68 bits per heavy atom. The molecule has 0 aliphatic rings. The number of ether oxygens (including phenoxy) is 2. The highest BCUT2D eigenvalue weighted by molar-refractivity contribution is 5.88. The monoisotopic (exact) mass is 426 g/mol. The van der Waals surface area contributed by atoms with Gasteiger partial charge in [0.05, 0.1) is 7.11 Å². The largest absolute Gasteiger partial charge is 0.497 e. The van der Waals surface area contributed by atoms with Crippen molar-refractivity contribution in [3.8, 4) is 11.5 Å². The quantitative estimate of drug-likeness (QED) is 0.591. The Kier molecular flexibility index (Phi) is 9.38. The van der Waals surface area contributed by atoms with Crippen LogP contribution in [-0.2, 0) is 16.1 Å². The second-order valence-electron chi connectivity index (χ2n) is 7.98. The zero-order valence-corrected chi connectivity index (χ0v) is 19.2. The molecule has 0 radical (unpaired) electrons. The van der Waals surface area contributed by atoms with Gasteiger partial charge < -0.3 is 19.7 Å². The third-order valence-corrected chi connectivity index (χ3v) is 5.09. The number of carbonyl (C=O) groups is 2. The van der Waals surface area contributed by atoms with Gasteiger partial charge in [-0.25, -0.2) is 0 Å². The molecule has 0 aromatic heterocycles. The van der Waals surface area contributed by atoms with Crippen LogP contribution in [0.4, 0.5) is 0 Å². The minimum atomic E-state index is -0.565. The fourth-order valence-corrected chi connectivity index (χ4v) is 3.21. The molecule has 2 aromatic rings. The van der Waals surface area contributed by atoms with Crippen molar-refractivity contribution in [1.82, 2.24) is 10.2 Å². The van der Waals surface area contributed by atoms with Crippen molar-refractivity contribution in [2.45, 2.75) is 46.7 Å². The number of aryl methyl sites for hydroxylation is 1. The van der Waals surface area contributed by atoms with Gasteiger partial charge in [-0.3, -0.25) is 9.59 Å². The number of benzene rings is 2. The summed E-state index contributed by atoms with van der Waals surface area (Å²) in [5, 5.41) is 2.97. The topological polar surface area (TPSA) is 67.9 Å². The highest BCUT2D eigenvalue weighted by Gasteiger charge is 2.29. The van der Waals surface area contributed by atoms with Gasteiger partial charge in [-0.1, -0.05) is 45.0 Å². The van der Waals surface area contributed by atoms with Gasteiger partial charge in [0.25, 0.3) is 5.91 Å². The van der Waals surface area contributed by atoms with Gasteiger partial charge in [0.15, 0.2) is 6.61 Å². The lowest BCUT2D eigenvalue weighted by Crippen LogP contribution is -2.50. The Morgan fingerprint density at radius 3 is 2.26 bits per heavy atom. The van der Waals surface area contributed by atoms with Gasteiger partial charge in [-0.15, -0.1) is 0 Å². The average Bonchev–Trinajstić information content (AvgIpc) is 2.77. The van der Waals surface area contributed by atoms with E-state index in [-0.39, 0.29) is 18.4 Å². The van der Waals surface area contributed by atoms with Crippen molar-refractivity contribution in [3.05, 3.63) is 59.7 Å². The maximum absolute atomic E-state index is 13.2. The second-order valence-corrected chi connectivity index (χ2v) is 7.98. The van der Waals surface area contributed by atoms with E-state index >= 15 is 0 Å². The molecule has 31 heavy (non-hydrogen) atoms. The number of amides is 2. The highest BCUT2D eigenvalue weighted by Crippen LogP contribution is 2.19. The van der Waals surface area contributed by atoms with Gasteiger partial charge in [-0.2, -0.15) is 0 Å². The van der Waals surface area contributed by atoms with E-state index in [0.29, 0.717) is 36.9 Å². The van der Waals surface area contributed by atoms with Gasteiger partial charge in [-0.05, 0) is 54.7 Å². The van der Waals surface area contributed by atoms with E-state index < -0.39 is 6.04 Å². The van der Waals surface area contributed by atoms with Crippen molar-refractivity contribution in [2.24, 2.45) is 5.92 Å². The summed E-state index contributed by atoms with van der Waals surface area (Å²) < 4.78 is 10.9. The lowest BCUT2D eigenvalue weighted by atomic mass is 10.1. The standard InChI is InChI=1S/C25H34N2O4/c1-6-23(25(29)26-15-18(2)3)27(16-20-10-8-7-9-19(20)4)24(28)17-31-22-13-11-21(30-5)12-14-22/h7-14,18,23H,6,15-17H2,1-5H3,(H,26,29). The molecular formula is C25H34N2O4. The summed E-state index contributed by atoms with van der Waals surface area (Å²) in [6, 6.07) is 14.4. The molecule has 1 atom stereocenters. The van der Waals surface area contributed by atoms with Crippen LogP contribution in [0.25, 0.3) is 0 Å². The Labute approximate surface area is 185 Å². The molecule has 2 amide bonds. The molecule has 2 aromatic carbocycles. The van der Waals surface area contributed by atoms with E-state index in [2.05, 4.69) is 5.32 Å². The van der Waals surface area contributed by atoms with Gasteiger partial charge in [0.1, 0.15) is 17.5 Å². The maximum atomic E-state index is 13.2. The van der Waals surface area contributed by atoms with Crippen molar-refractivity contribution < 1.29 is 19.1 Å². The van der Waals surface area contributed by atoms with Crippen LogP contribution in [-0.4, -0.2) is 43.0 Å². The molecule has 6 heteroatoms. The van der Waals surface area contributed by atoms with Gasteiger partial charge in [0, 0.05) is 13.1 Å². The van der Waals surface area contributed by atoms with Crippen LogP contribution in [0.1, 0.15) is 38.3 Å². The Bertz CT molecular complexity index is 849. The number of rotatable bonds is 11. The van der Waals surface area contributed by atoms with Crippen molar-refractivity contribution in [2.75, 3.05) is 20.3 Å². The molecule has 0 aliphatic carbocycles. The van der Waals surface area contributed by atoms with Crippen LogP contribution in [0.2, 0.25) is 0 Å². The summed E-state index contributed by atoms with van der Waals surface area (Å²) >= 11 is 0. The minimum absolute atomic E-state index is 0.136. The molecule has 0 saturated carbocycles. The summed E-state index contributed by atoms with van der Waals surface area (Å²) in [7, 11) is 1.60. The second kappa shape index (κ2) is 12.0. The number of hydrogen-bond donors (Lipinski definition) is 1. The van der Waals surface area contributed by atoms with Crippen LogP contribution in [0, 0.1) is 12.8 Å². The van der Waals surface area contributed by atoms with Crippen LogP contribution < -0.4 is 14.8 Å². The first-order valence-electron chi connectivity index (χ1n) is 10.7. The van der Waals surface area contributed by atoms with Crippen LogP contribution in [0.3, 0.4) is 0 Å². The van der Waals surface area contributed by atoms with E-state index in [1.807, 2.05) is 52.0 Å².